The molecule has 1 aromatic heterocycles. The predicted molar refractivity (Wildman–Crippen MR) is 131 cm³/mol. The minimum Gasteiger partial charge on any atom is -0.491 e. The standard InChI is InChI=1S/C28H27NO3/c1-5-20(30-4)16-31-21-10-8-19(9-11-21)28-29-26-22-12-6-17(2)14-24(22)25-15-18(3)7-13-23(25)27(26)32-28/h6-15,20H,5,16H2,1-4H3. The van der Waals surface area contributed by atoms with E-state index in [0.29, 0.717) is 12.5 Å². The Morgan fingerprint density at radius 3 is 2.16 bits per heavy atom. The number of benzene rings is 4. The number of aryl methyl sites for hydroxylation is 2. The smallest absolute Gasteiger partial charge is 0.227 e. The zero-order valence-electron chi connectivity index (χ0n) is 18.9. The largest absolute Gasteiger partial charge is 0.491 e. The number of oxazole rings is 1. The van der Waals surface area contributed by atoms with Crippen molar-refractivity contribution in [2.75, 3.05) is 13.7 Å². The molecule has 0 fully saturated rings. The fraction of sp³-hybridized carbons (Fsp3) is 0.250. The van der Waals surface area contributed by atoms with E-state index < -0.39 is 0 Å². The van der Waals surface area contributed by atoms with Crippen LogP contribution in [0.2, 0.25) is 0 Å². The fourth-order valence-corrected chi connectivity index (χ4v) is 4.21. The van der Waals surface area contributed by atoms with Crippen LogP contribution in [0, 0.1) is 13.8 Å². The van der Waals surface area contributed by atoms with Crippen LogP contribution in [0.5, 0.6) is 5.75 Å². The third kappa shape index (κ3) is 3.61. The van der Waals surface area contributed by atoms with Crippen molar-refractivity contribution in [2.45, 2.75) is 33.3 Å². The van der Waals surface area contributed by atoms with Gasteiger partial charge in [0.15, 0.2) is 5.58 Å². The topological polar surface area (TPSA) is 44.5 Å². The Hall–Kier alpha value is -3.37. The minimum absolute atomic E-state index is 0.0977. The number of aromatic nitrogens is 1. The SMILES string of the molecule is CCC(COc1ccc(-c2nc3c4ccc(C)cc4c4cc(C)ccc4c3o2)cc1)OC. The zero-order chi connectivity index (χ0) is 22.2. The summed E-state index contributed by atoms with van der Waals surface area (Å²) in [6.07, 6.45) is 1.01. The summed E-state index contributed by atoms with van der Waals surface area (Å²) in [5, 5.41) is 4.62. The molecule has 0 saturated heterocycles. The second-order valence-corrected chi connectivity index (χ2v) is 8.40. The molecule has 0 saturated carbocycles. The third-order valence-electron chi connectivity index (χ3n) is 6.09. The van der Waals surface area contributed by atoms with Gasteiger partial charge in [0, 0.05) is 23.4 Å². The van der Waals surface area contributed by atoms with Crippen LogP contribution in [0.4, 0.5) is 0 Å². The van der Waals surface area contributed by atoms with E-state index in [0.717, 1.165) is 39.6 Å². The number of hydrogen-bond donors (Lipinski definition) is 0. The Balaban J connectivity index is 1.59. The summed E-state index contributed by atoms with van der Waals surface area (Å²) in [5.41, 5.74) is 5.12. The molecular weight excluding hydrogens is 398 g/mol. The molecule has 1 unspecified atom stereocenters. The predicted octanol–water partition coefficient (Wildman–Crippen LogP) is 7.22. The Morgan fingerprint density at radius 2 is 1.50 bits per heavy atom. The summed E-state index contributed by atoms with van der Waals surface area (Å²) in [5.74, 6) is 1.42. The highest BCUT2D eigenvalue weighted by molar-refractivity contribution is 6.23. The molecule has 0 bridgehead atoms. The second kappa shape index (κ2) is 8.29. The highest BCUT2D eigenvalue weighted by atomic mass is 16.5. The average molecular weight is 426 g/mol. The van der Waals surface area contributed by atoms with Gasteiger partial charge in [-0.1, -0.05) is 54.4 Å². The Morgan fingerprint density at radius 1 is 0.844 bits per heavy atom. The molecule has 4 nitrogen and oxygen atoms in total. The van der Waals surface area contributed by atoms with E-state index in [2.05, 4.69) is 57.2 Å². The molecule has 1 atom stereocenters. The van der Waals surface area contributed by atoms with Gasteiger partial charge in [-0.2, -0.15) is 0 Å². The molecule has 5 aromatic rings. The first-order valence-electron chi connectivity index (χ1n) is 11.1. The number of rotatable bonds is 6. The Kier molecular flexibility index (Phi) is 5.32. The first-order chi connectivity index (χ1) is 15.6. The van der Waals surface area contributed by atoms with Gasteiger partial charge in [0.05, 0.1) is 6.10 Å². The van der Waals surface area contributed by atoms with Gasteiger partial charge in [-0.3, -0.25) is 0 Å². The summed E-state index contributed by atoms with van der Waals surface area (Å²) in [6.45, 7) is 6.87. The van der Waals surface area contributed by atoms with Crippen molar-refractivity contribution >= 4 is 32.6 Å². The van der Waals surface area contributed by atoms with Crippen LogP contribution in [0.15, 0.2) is 65.1 Å². The second-order valence-electron chi connectivity index (χ2n) is 8.40. The van der Waals surface area contributed by atoms with Crippen molar-refractivity contribution in [3.05, 3.63) is 71.8 Å². The van der Waals surface area contributed by atoms with Crippen LogP contribution in [-0.2, 0) is 4.74 Å². The Labute approximate surface area is 187 Å². The van der Waals surface area contributed by atoms with Crippen molar-refractivity contribution in [1.29, 1.82) is 0 Å². The van der Waals surface area contributed by atoms with E-state index >= 15 is 0 Å². The van der Waals surface area contributed by atoms with Gasteiger partial charge in [-0.15, -0.1) is 0 Å². The van der Waals surface area contributed by atoms with Gasteiger partial charge in [-0.05, 0) is 55.3 Å². The van der Waals surface area contributed by atoms with E-state index in [1.807, 2.05) is 24.3 Å². The van der Waals surface area contributed by atoms with E-state index in [1.54, 1.807) is 7.11 Å². The summed E-state index contributed by atoms with van der Waals surface area (Å²) in [4.78, 5) is 4.92. The van der Waals surface area contributed by atoms with Crippen molar-refractivity contribution in [3.63, 3.8) is 0 Å². The molecule has 4 aromatic carbocycles. The van der Waals surface area contributed by atoms with Gasteiger partial charge < -0.3 is 13.9 Å². The van der Waals surface area contributed by atoms with Crippen LogP contribution in [0.1, 0.15) is 24.5 Å². The van der Waals surface area contributed by atoms with Gasteiger partial charge in [-0.25, -0.2) is 4.98 Å². The maximum Gasteiger partial charge on any atom is 0.227 e. The minimum atomic E-state index is 0.0977. The van der Waals surface area contributed by atoms with Crippen LogP contribution in [-0.4, -0.2) is 24.8 Å². The molecule has 0 radical (unpaired) electrons. The normalized spacial score (nSPS) is 12.6. The number of ether oxygens (including phenoxy) is 2. The van der Waals surface area contributed by atoms with E-state index in [4.69, 9.17) is 18.9 Å². The monoisotopic (exact) mass is 425 g/mol. The first-order valence-corrected chi connectivity index (χ1v) is 11.1. The van der Waals surface area contributed by atoms with Gasteiger partial charge in [0.1, 0.15) is 17.9 Å². The quantitative estimate of drug-likeness (QED) is 0.269. The average Bonchev–Trinajstić information content (AvgIpc) is 3.26. The van der Waals surface area contributed by atoms with Crippen LogP contribution in [0.3, 0.4) is 0 Å². The number of hydrogen-bond acceptors (Lipinski definition) is 4. The number of methoxy groups -OCH3 is 1. The van der Waals surface area contributed by atoms with Crippen molar-refractivity contribution < 1.29 is 13.9 Å². The number of fused-ring (bicyclic) bond motifs is 6. The molecule has 0 spiro atoms. The van der Waals surface area contributed by atoms with Crippen molar-refractivity contribution in [1.82, 2.24) is 4.98 Å². The Bertz CT molecular complexity index is 1330. The number of nitrogens with zero attached hydrogens (tertiary/aromatic N) is 1. The maximum absolute atomic E-state index is 6.35. The van der Waals surface area contributed by atoms with Crippen molar-refractivity contribution in [3.8, 4) is 17.2 Å². The van der Waals surface area contributed by atoms with E-state index in [1.165, 1.54) is 21.9 Å². The molecule has 1 heterocycles. The molecular formula is C28H27NO3. The van der Waals surface area contributed by atoms with Gasteiger partial charge >= 0.3 is 0 Å². The summed E-state index contributed by atoms with van der Waals surface area (Å²) in [7, 11) is 1.71. The molecule has 0 aliphatic carbocycles. The molecule has 0 amide bonds. The zero-order valence-corrected chi connectivity index (χ0v) is 18.9. The van der Waals surface area contributed by atoms with Crippen LogP contribution < -0.4 is 4.74 Å². The molecule has 5 rings (SSSR count). The molecule has 32 heavy (non-hydrogen) atoms. The van der Waals surface area contributed by atoms with Crippen molar-refractivity contribution in [2.24, 2.45) is 0 Å². The van der Waals surface area contributed by atoms with Crippen LogP contribution in [0.25, 0.3) is 44.1 Å². The summed E-state index contributed by atoms with van der Waals surface area (Å²) < 4.78 is 17.6. The summed E-state index contributed by atoms with van der Waals surface area (Å²) in [6, 6.07) is 20.9. The highest BCUT2D eigenvalue weighted by Crippen LogP contribution is 2.38. The third-order valence-corrected chi connectivity index (χ3v) is 6.09. The lowest BCUT2D eigenvalue weighted by atomic mass is 9.97. The molecule has 4 heteroatoms. The summed E-state index contributed by atoms with van der Waals surface area (Å²) >= 11 is 0. The van der Waals surface area contributed by atoms with Gasteiger partial charge in [0.2, 0.25) is 5.89 Å². The highest BCUT2D eigenvalue weighted by Gasteiger charge is 2.16. The van der Waals surface area contributed by atoms with E-state index in [-0.39, 0.29) is 6.10 Å². The fourth-order valence-electron chi connectivity index (χ4n) is 4.21. The molecule has 162 valence electrons. The molecule has 0 N–H and O–H groups in total. The van der Waals surface area contributed by atoms with Gasteiger partial charge in [0.25, 0.3) is 0 Å². The molecule has 0 aliphatic rings. The van der Waals surface area contributed by atoms with E-state index in [9.17, 15) is 0 Å². The lowest BCUT2D eigenvalue weighted by Crippen LogP contribution is -2.18. The maximum atomic E-state index is 6.35. The lowest BCUT2D eigenvalue weighted by molar-refractivity contribution is 0.0556. The molecule has 0 aliphatic heterocycles. The van der Waals surface area contributed by atoms with Crippen LogP contribution >= 0.6 is 0 Å². The first kappa shape index (κ1) is 20.5. The lowest BCUT2D eigenvalue weighted by Gasteiger charge is -2.14.